The van der Waals surface area contributed by atoms with Crippen molar-refractivity contribution in [2.75, 3.05) is 12.4 Å². The SMILES string of the molecule is COC(=O)c1cccc(S(=O)(=O)N[C@H](C)c2cccc(NC(C)=O)c2)c1. The largest absolute Gasteiger partial charge is 0.465 e. The molecule has 0 aliphatic carbocycles. The predicted octanol–water partition coefficient (Wildman–Crippen LogP) is 2.47. The van der Waals surface area contributed by atoms with Crippen molar-refractivity contribution >= 4 is 27.6 Å². The molecule has 0 aliphatic heterocycles. The van der Waals surface area contributed by atoms with E-state index in [2.05, 4.69) is 14.8 Å². The molecule has 1 atom stereocenters. The third kappa shape index (κ3) is 4.90. The van der Waals surface area contributed by atoms with E-state index in [1.54, 1.807) is 31.2 Å². The van der Waals surface area contributed by atoms with Gasteiger partial charge in [0, 0.05) is 18.7 Å². The number of esters is 1. The van der Waals surface area contributed by atoms with Crippen LogP contribution in [0.3, 0.4) is 0 Å². The average molecular weight is 376 g/mol. The number of hydrogen-bond donors (Lipinski definition) is 2. The van der Waals surface area contributed by atoms with E-state index in [0.717, 1.165) is 0 Å². The van der Waals surface area contributed by atoms with Crippen molar-refractivity contribution < 1.29 is 22.7 Å². The van der Waals surface area contributed by atoms with Crippen molar-refractivity contribution in [1.82, 2.24) is 4.72 Å². The Kier molecular flexibility index (Phi) is 6.12. The number of rotatable bonds is 6. The standard InChI is InChI=1S/C18H20N2O5S/c1-12(14-6-4-8-16(10-14)19-13(2)21)20-26(23,24)17-9-5-7-15(11-17)18(22)25-3/h4-12,20H,1-3H3,(H,19,21)/t12-/m1/s1. The molecule has 0 heterocycles. The van der Waals surface area contributed by atoms with E-state index in [4.69, 9.17) is 0 Å². The predicted molar refractivity (Wildman–Crippen MR) is 97.3 cm³/mol. The van der Waals surface area contributed by atoms with Crippen LogP contribution in [0, 0.1) is 0 Å². The molecule has 0 unspecified atom stereocenters. The van der Waals surface area contributed by atoms with Crippen molar-refractivity contribution in [2.24, 2.45) is 0 Å². The molecule has 0 aromatic heterocycles. The summed E-state index contributed by atoms with van der Waals surface area (Å²) >= 11 is 0. The lowest BCUT2D eigenvalue weighted by atomic mass is 10.1. The van der Waals surface area contributed by atoms with Crippen LogP contribution < -0.4 is 10.0 Å². The zero-order valence-electron chi connectivity index (χ0n) is 14.6. The molecular formula is C18H20N2O5S. The molecule has 26 heavy (non-hydrogen) atoms. The maximum Gasteiger partial charge on any atom is 0.337 e. The summed E-state index contributed by atoms with van der Waals surface area (Å²) in [6.07, 6.45) is 0. The summed E-state index contributed by atoms with van der Waals surface area (Å²) in [7, 11) is -2.62. The van der Waals surface area contributed by atoms with Gasteiger partial charge >= 0.3 is 5.97 Å². The Morgan fingerprint density at radius 1 is 1.08 bits per heavy atom. The minimum Gasteiger partial charge on any atom is -0.465 e. The second kappa shape index (κ2) is 8.11. The Morgan fingerprint density at radius 2 is 1.77 bits per heavy atom. The normalized spacial score (nSPS) is 12.3. The number of hydrogen-bond acceptors (Lipinski definition) is 5. The fourth-order valence-corrected chi connectivity index (χ4v) is 3.64. The molecule has 0 aliphatic rings. The third-order valence-corrected chi connectivity index (χ3v) is 5.14. The molecule has 2 aromatic rings. The lowest BCUT2D eigenvalue weighted by molar-refractivity contribution is -0.114. The lowest BCUT2D eigenvalue weighted by Gasteiger charge is -2.16. The summed E-state index contributed by atoms with van der Waals surface area (Å²) in [5.41, 5.74) is 1.41. The summed E-state index contributed by atoms with van der Waals surface area (Å²) in [6.45, 7) is 3.09. The van der Waals surface area contributed by atoms with Gasteiger partial charge in [-0.2, -0.15) is 0 Å². The Bertz CT molecular complexity index is 925. The van der Waals surface area contributed by atoms with Gasteiger partial charge in [0.25, 0.3) is 0 Å². The summed E-state index contributed by atoms with van der Waals surface area (Å²) < 4.78 is 32.4. The molecule has 0 fully saturated rings. The van der Waals surface area contributed by atoms with Crippen molar-refractivity contribution in [3.63, 3.8) is 0 Å². The number of benzene rings is 2. The van der Waals surface area contributed by atoms with E-state index in [0.29, 0.717) is 11.3 Å². The first kappa shape index (κ1) is 19.6. The first-order chi connectivity index (χ1) is 12.2. The zero-order valence-corrected chi connectivity index (χ0v) is 15.5. The van der Waals surface area contributed by atoms with Crippen LogP contribution in [0.4, 0.5) is 5.69 Å². The molecule has 7 nitrogen and oxygen atoms in total. The van der Waals surface area contributed by atoms with E-state index in [1.807, 2.05) is 0 Å². The van der Waals surface area contributed by atoms with Crippen LogP contribution in [0.25, 0.3) is 0 Å². The molecule has 0 spiro atoms. The third-order valence-electron chi connectivity index (χ3n) is 3.60. The zero-order chi connectivity index (χ0) is 19.3. The fraction of sp³-hybridized carbons (Fsp3) is 0.222. The number of sulfonamides is 1. The van der Waals surface area contributed by atoms with E-state index in [1.165, 1.54) is 38.3 Å². The number of carbonyl (C=O) groups excluding carboxylic acids is 2. The minimum absolute atomic E-state index is 0.0368. The number of nitrogens with one attached hydrogen (secondary N) is 2. The number of ether oxygens (including phenoxy) is 1. The van der Waals surface area contributed by atoms with Gasteiger partial charge in [-0.25, -0.2) is 17.9 Å². The van der Waals surface area contributed by atoms with Gasteiger partial charge in [0.15, 0.2) is 0 Å². The van der Waals surface area contributed by atoms with E-state index in [9.17, 15) is 18.0 Å². The minimum atomic E-state index is -3.85. The Balaban J connectivity index is 2.24. The van der Waals surface area contributed by atoms with Gasteiger partial charge in [-0.1, -0.05) is 18.2 Å². The first-order valence-corrected chi connectivity index (χ1v) is 9.29. The quantitative estimate of drug-likeness (QED) is 0.754. The van der Waals surface area contributed by atoms with Gasteiger partial charge in [0.2, 0.25) is 15.9 Å². The molecule has 2 rings (SSSR count). The number of amides is 1. The van der Waals surface area contributed by atoms with Gasteiger partial charge in [0.1, 0.15) is 0 Å². The molecule has 8 heteroatoms. The van der Waals surface area contributed by atoms with Crippen LogP contribution in [0.15, 0.2) is 53.4 Å². The molecule has 2 N–H and O–H groups in total. The number of methoxy groups -OCH3 is 1. The monoisotopic (exact) mass is 376 g/mol. The maximum atomic E-state index is 12.6. The molecule has 2 aromatic carbocycles. The first-order valence-electron chi connectivity index (χ1n) is 7.81. The molecule has 0 bridgehead atoms. The van der Waals surface area contributed by atoms with Crippen LogP contribution in [-0.4, -0.2) is 27.4 Å². The molecule has 1 amide bonds. The maximum absolute atomic E-state index is 12.6. The van der Waals surface area contributed by atoms with Crippen LogP contribution in [0.5, 0.6) is 0 Å². The molecule has 0 saturated heterocycles. The summed E-state index contributed by atoms with van der Waals surface area (Å²) in [5, 5.41) is 2.65. The van der Waals surface area contributed by atoms with Gasteiger partial charge in [-0.3, -0.25) is 4.79 Å². The van der Waals surface area contributed by atoms with E-state index < -0.39 is 22.0 Å². The van der Waals surface area contributed by atoms with E-state index in [-0.39, 0.29) is 16.4 Å². The highest BCUT2D eigenvalue weighted by atomic mass is 32.2. The van der Waals surface area contributed by atoms with Crippen LogP contribution in [-0.2, 0) is 19.6 Å². The average Bonchev–Trinajstić information content (AvgIpc) is 2.60. The summed E-state index contributed by atoms with van der Waals surface area (Å²) in [4.78, 5) is 22.7. The fourth-order valence-electron chi connectivity index (χ4n) is 2.37. The van der Waals surface area contributed by atoms with Crippen LogP contribution in [0.2, 0.25) is 0 Å². The van der Waals surface area contributed by atoms with Gasteiger partial charge in [-0.15, -0.1) is 0 Å². The van der Waals surface area contributed by atoms with Gasteiger partial charge in [-0.05, 0) is 42.8 Å². The lowest BCUT2D eigenvalue weighted by Crippen LogP contribution is -2.27. The van der Waals surface area contributed by atoms with Crippen molar-refractivity contribution in [3.8, 4) is 0 Å². The number of anilines is 1. The Morgan fingerprint density at radius 3 is 2.42 bits per heavy atom. The summed E-state index contributed by atoms with van der Waals surface area (Å²) in [5.74, 6) is -0.826. The molecular weight excluding hydrogens is 356 g/mol. The van der Waals surface area contributed by atoms with Crippen molar-refractivity contribution in [2.45, 2.75) is 24.8 Å². The van der Waals surface area contributed by atoms with E-state index >= 15 is 0 Å². The highest BCUT2D eigenvalue weighted by molar-refractivity contribution is 7.89. The van der Waals surface area contributed by atoms with Crippen LogP contribution >= 0.6 is 0 Å². The summed E-state index contributed by atoms with van der Waals surface area (Å²) in [6, 6.07) is 12.0. The molecule has 138 valence electrons. The van der Waals surface area contributed by atoms with Crippen molar-refractivity contribution in [1.29, 1.82) is 0 Å². The van der Waals surface area contributed by atoms with Gasteiger partial charge < -0.3 is 10.1 Å². The topological polar surface area (TPSA) is 102 Å². The van der Waals surface area contributed by atoms with Crippen LogP contribution in [0.1, 0.15) is 35.8 Å². The highest BCUT2D eigenvalue weighted by Gasteiger charge is 2.20. The smallest absolute Gasteiger partial charge is 0.337 e. The number of carbonyl (C=O) groups is 2. The second-order valence-electron chi connectivity index (χ2n) is 5.67. The Labute approximate surface area is 152 Å². The van der Waals surface area contributed by atoms with Crippen molar-refractivity contribution in [3.05, 3.63) is 59.7 Å². The molecule has 0 radical (unpaired) electrons. The Hall–Kier alpha value is -2.71. The molecule has 0 saturated carbocycles. The highest BCUT2D eigenvalue weighted by Crippen LogP contribution is 2.21. The van der Waals surface area contributed by atoms with Gasteiger partial charge in [0.05, 0.1) is 17.6 Å². The second-order valence-corrected chi connectivity index (χ2v) is 7.38.